The maximum atomic E-state index is 12.1. The summed E-state index contributed by atoms with van der Waals surface area (Å²) in [6.07, 6.45) is -5.62. The topological polar surface area (TPSA) is 54.4 Å². The molecule has 68 valence electrons. The lowest BCUT2D eigenvalue weighted by Crippen LogP contribution is -2.44. The number of rotatable bonds is 1. The Morgan fingerprint density at radius 1 is 1.18 bits per heavy atom. The molecule has 0 aliphatic heterocycles. The first-order valence-electron chi connectivity index (χ1n) is 2.23. The molecule has 8 heteroatoms. The van der Waals surface area contributed by atoms with Gasteiger partial charge in [0.2, 0.25) is 0 Å². The lowest BCUT2D eigenvalue weighted by Gasteiger charge is -2.19. The molecule has 0 aromatic rings. The summed E-state index contributed by atoms with van der Waals surface area (Å²) in [6.45, 7) is -0.275. The Morgan fingerprint density at radius 3 is 1.45 bits per heavy atom. The maximum absolute atomic E-state index is 12.1. The molecule has 0 bridgehead atoms. The summed E-state index contributed by atoms with van der Waals surface area (Å²) in [5, 5.41) is -4.60. The van der Waals surface area contributed by atoms with E-state index in [4.69, 9.17) is 4.55 Å². The van der Waals surface area contributed by atoms with E-state index in [0.717, 1.165) is 0 Å². The van der Waals surface area contributed by atoms with Crippen molar-refractivity contribution >= 4 is 10.1 Å². The van der Waals surface area contributed by atoms with E-state index in [0.29, 0.717) is 0 Å². The smallest absolute Gasteiger partial charge is 0.283 e. The number of hydrogen-bond acceptors (Lipinski definition) is 2. The second kappa shape index (κ2) is 2.31. The van der Waals surface area contributed by atoms with Crippen LogP contribution in [-0.4, -0.2) is 24.1 Å². The van der Waals surface area contributed by atoms with Crippen LogP contribution < -0.4 is 0 Å². The first-order valence-corrected chi connectivity index (χ1v) is 3.67. The Labute approximate surface area is 59.8 Å². The molecule has 3 nitrogen and oxygen atoms in total. The predicted molar refractivity (Wildman–Crippen MR) is 27.1 cm³/mol. The molecule has 0 rings (SSSR count). The van der Waals surface area contributed by atoms with Gasteiger partial charge in [0, 0.05) is 0 Å². The van der Waals surface area contributed by atoms with Crippen molar-refractivity contribution in [2.45, 2.75) is 18.1 Å². The van der Waals surface area contributed by atoms with Crippen molar-refractivity contribution in [3.63, 3.8) is 0 Å². The van der Waals surface area contributed by atoms with Gasteiger partial charge in [-0.1, -0.05) is 0 Å². The standard InChI is InChI=1S/C3H4F4O3S/c1-2(4,3(5,6)7)11(8,9)10/h1H3,(H,8,9,10). The second-order valence-electron chi connectivity index (χ2n) is 1.89. The van der Waals surface area contributed by atoms with Crippen LogP contribution in [0.25, 0.3) is 0 Å². The van der Waals surface area contributed by atoms with E-state index in [1.807, 2.05) is 0 Å². The second-order valence-corrected chi connectivity index (χ2v) is 3.61. The minimum absolute atomic E-state index is 0.275. The van der Waals surface area contributed by atoms with Gasteiger partial charge in [-0.3, -0.25) is 4.55 Å². The normalized spacial score (nSPS) is 19.5. The molecule has 0 saturated carbocycles. The third-order valence-corrected chi connectivity index (χ3v) is 2.19. The summed E-state index contributed by atoms with van der Waals surface area (Å²) >= 11 is 0. The van der Waals surface area contributed by atoms with Crippen LogP contribution in [0.2, 0.25) is 0 Å². The van der Waals surface area contributed by atoms with E-state index >= 15 is 0 Å². The van der Waals surface area contributed by atoms with Gasteiger partial charge in [0.15, 0.2) is 0 Å². The van der Waals surface area contributed by atoms with Crippen LogP contribution in [0.4, 0.5) is 17.6 Å². The van der Waals surface area contributed by atoms with E-state index < -0.39 is 21.3 Å². The number of hydrogen-bond donors (Lipinski definition) is 1. The van der Waals surface area contributed by atoms with Gasteiger partial charge in [0.25, 0.3) is 0 Å². The average Bonchev–Trinajstić information content (AvgIpc) is 1.58. The van der Waals surface area contributed by atoms with Crippen molar-refractivity contribution in [2.75, 3.05) is 0 Å². The molecule has 0 aliphatic rings. The van der Waals surface area contributed by atoms with E-state index in [1.54, 1.807) is 0 Å². The Balaban J connectivity index is 5.08. The molecule has 0 heterocycles. The monoisotopic (exact) mass is 196 g/mol. The first kappa shape index (κ1) is 10.6. The van der Waals surface area contributed by atoms with Crippen molar-refractivity contribution in [1.29, 1.82) is 0 Å². The molecule has 0 spiro atoms. The summed E-state index contributed by atoms with van der Waals surface area (Å²) in [4.78, 5) is 0. The largest absolute Gasteiger partial charge is 0.439 e. The van der Waals surface area contributed by atoms with E-state index in [2.05, 4.69) is 0 Å². The average molecular weight is 196 g/mol. The number of alkyl halides is 4. The Hall–Kier alpha value is -0.370. The van der Waals surface area contributed by atoms with Gasteiger partial charge in [-0.25, -0.2) is 4.39 Å². The Kier molecular flexibility index (Phi) is 2.23. The van der Waals surface area contributed by atoms with E-state index in [-0.39, 0.29) is 6.92 Å². The highest BCUT2D eigenvalue weighted by Gasteiger charge is 2.61. The minimum Gasteiger partial charge on any atom is -0.283 e. The predicted octanol–water partition coefficient (Wildman–Crippen LogP) is 1.12. The SMILES string of the molecule is CC(F)(C(F)(F)F)S(=O)(=O)O. The van der Waals surface area contributed by atoms with E-state index in [9.17, 15) is 26.0 Å². The van der Waals surface area contributed by atoms with Crippen LogP contribution >= 0.6 is 0 Å². The molecule has 0 aromatic carbocycles. The highest BCUT2D eigenvalue weighted by atomic mass is 32.2. The molecular weight excluding hydrogens is 192 g/mol. The molecule has 1 atom stereocenters. The van der Waals surface area contributed by atoms with E-state index in [1.165, 1.54) is 0 Å². The molecule has 0 aliphatic carbocycles. The zero-order valence-corrected chi connectivity index (χ0v) is 6.00. The van der Waals surface area contributed by atoms with Crippen LogP contribution in [0.1, 0.15) is 6.92 Å². The molecule has 0 saturated heterocycles. The molecular formula is C3H4F4O3S. The lowest BCUT2D eigenvalue weighted by molar-refractivity contribution is -0.193. The number of halogens is 4. The van der Waals surface area contributed by atoms with Gasteiger partial charge in [0.1, 0.15) is 0 Å². The van der Waals surface area contributed by atoms with Gasteiger partial charge >= 0.3 is 21.3 Å². The van der Waals surface area contributed by atoms with Crippen molar-refractivity contribution in [3.05, 3.63) is 0 Å². The van der Waals surface area contributed by atoms with Gasteiger partial charge in [-0.2, -0.15) is 21.6 Å². The highest BCUT2D eigenvalue weighted by Crippen LogP contribution is 2.37. The lowest BCUT2D eigenvalue weighted by atomic mass is 10.4. The third kappa shape index (κ3) is 1.80. The van der Waals surface area contributed by atoms with Crippen LogP contribution in [0.3, 0.4) is 0 Å². The van der Waals surface area contributed by atoms with Crippen molar-refractivity contribution in [2.24, 2.45) is 0 Å². The van der Waals surface area contributed by atoms with Crippen molar-refractivity contribution in [1.82, 2.24) is 0 Å². The Morgan fingerprint density at radius 2 is 1.45 bits per heavy atom. The van der Waals surface area contributed by atoms with Crippen LogP contribution in [0.5, 0.6) is 0 Å². The molecule has 0 fully saturated rings. The maximum Gasteiger partial charge on any atom is 0.439 e. The van der Waals surface area contributed by atoms with Crippen LogP contribution in [0.15, 0.2) is 0 Å². The quantitative estimate of drug-likeness (QED) is 0.505. The highest BCUT2D eigenvalue weighted by molar-refractivity contribution is 7.87. The molecule has 0 amide bonds. The third-order valence-electron chi connectivity index (χ3n) is 0.991. The Bertz CT molecular complexity index is 238. The molecule has 11 heavy (non-hydrogen) atoms. The van der Waals surface area contributed by atoms with Crippen LogP contribution in [0, 0.1) is 0 Å². The summed E-state index contributed by atoms with van der Waals surface area (Å²) in [5.41, 5.74) is 0. The summed E-state index contributed by atoms with van der Waals surface area (Å²) in [7, 11) is -5.75. The fourth-order valence-electron chi connectivity index (χ4n) is 0.146. The minimum atomic E-state index is -5.75. The molecule has 0 radical (unpaired) electrons. The van der Waals surface area contributed by atoms with Crippen molar-refractivity contribution in [3.8, 4) is 0 Å². The molecule has 1 unspecified atom stereocenters. The first-order chi connectivity index (χ1) is 4.50. The van der Waals surface area contributed by atoms with Crippen molar-refractivity contribution < 1.29 is 30.5 Å². The molecule has 0 aromatic heterocycles. The zero-order valence-electron chi connectivity index (χ0n) is 5.18. The fourth-order valence-corrected chi connectivity index (χ4v) is 0.439. The van der Waals surface area contributed by atoms with Gasteiger partial charge in [0.05, 0.1) is 0 Å². The van der Waals surface area contributed by atoms with Gasteiger partial charge in [-0.15, -0.1) is 0 Å². The summed E-state index contributed by atoms with van der Waals surface area (Å²) in [5.74, 6) is 0. The van der Waals surface area contributed by atoms with Crippen LogP contribution in [-0.2, 0) is 10.1 Å². The summed E-state index contributed by atoms with van der Waals surface area (Å²) < 4.78 is 73.7. The molecule has 1 N–H and O–H groups in total. The van der Waals surface area contributed by atoms with Gasteiger partial charge in [-0.05, 0) is 6.92 Å². The van der Waals surface area contributed by atoms with Gasteiger partial charge < -0.3 is 0 Å². The summed E-state index contributed by atoms with van der Waals surface area (Å²) in [6, 6.07) is 0. The fraction of sp³-hybridized carbons (Fsp3) is 1.00. The zero-order chi connectivity index (χ0) is 9.50.